The Hall–Kier alpha value is -1.78. The maximum absolute atomic E-state index is 8.83. The zero-order chi connectivity index (χ0) is 14.3. The zero-order valence-corrected chi connectivity index (χ0v) is 11.9. The second kappa shape index (κ2) is 7.61. The molecule has 0 aromatic carbocycles. The average Bonchev–Trinajstić information content (AvgIpc) is 2.37. The Balaban J connectivity index is 2.80. The molecule has 0 amide bonds. The van der Waals surface area contributed by atoms with Gasteiger partial charge in [0, 0.05) is 5.69 Å². The molecule has 0 spiro atoms. The summed E-state index contributed by atoms with van der Waals surface area (Å²) in [5.74, 6) is 0.484. The van der Waals surface area contributed by atoms with Gasteiger partial charge in [-0.15, -0.1) is 0 Å². The fraction of sp³-hybridized carbons (Fsp3) is 0.571. The van der Waals surface area contributed by atoms with E-state index in [0.29, 0.717) is 18.1 Å². The number of unbranched alkanes of at least 4 members (excludes halogenated alkanes) is 3. The van der Waals surface area contributed by atoms with Gasteiger partial charge in [0.1, 0.15) is 0 Å². The van der Waals surface area contributed by atoms with E-state index in [4.69, 9.17) is 15.7 Å². The monoisotopic (exact) mass is 265 g/mol. The van der Waals surface area contributed by atoms with Crippen molar-refractivity contribution < 1.29 is 9.94 Å². The van der Waals surface area contributed by atoms with E-state index in [1.54, 1.807) is 0 Å². The minimum absolute atomic E-state index is 0.0357. The third-order valence-electron chi connectivity index (χ3n) is 2.91. The van der Waals surface area contributed by atoms with E-state index in [1.165, 1.54) is 12.8 Å². The Morgan fingerprint density at radius 1 is 1.37 bits per heavy atom. The molecule has 5 heteroatoms. The highest BCUT2D eigenvalue weighted by molar-refractivity contribution is 6.00. The summed E-state index contributed by atoms with van der Waals surface area (Å²) in [6.07, 6.45) is 4.52. The van der Waals surface area contributed by atoms with Crippen LogP contribution in [0.15, 0.2) is 11.2 Å². The molecule has 1 heterocycles. The molecule has 0 radical (unpaired) electrons. The van der Waals surface area contributed by atoms with Crippen LogP contribution in [0.1, 0.15) is 49.4 Å². The lowest BCUT2D eigenvalue weighted by atomic mass is 10.1. The minimum Gasteiger partial charge on any atom is -0.477 e. The van der Waals surface area contributed by atoms with E-state index in [1.807, 2.05) is 19.9 Å². The van der Waals surface area contributed by atoms with Crippen molar-refractivity contribution in [3.8, 4) is 5.88 Å². The molecule has 0 saturated heterocycles. The van der Waals surface area contributed by atoms with Crippen LogP contribution in [0.5, 0.6) is 5.88 Å². The van der Waals surface area contributed by atoms with Gasteiger partial charge in [0.2, 0.25) is 5.88 Å². The summed E-state index contributed by atoms with van der Waals surface area (Å²) in [6.45, 7) is 6.56. The molecular weight excluding hydrogens is 242 g/mol. The van der Waals surface area contributed by atoms with Crippen LogP contribution in [0, 0.1) is 13.8 Å². The van der Waals surface area contributed by atoms with Crippen molar-refractivity contribution in [2.24, 2.45) is 10.9 Å². The number of nitrogens with two attached hydrogens (primary N) is 1. The Morgan fingerprint density at radius 3 is 2.74 bits per heavy atom. The molecule has 0 aliphatic carbocycles. The molecule has 3 N–H and O–H groups in total. The minimum atomic E-state index is 0.0357. The van der Waals surface area contributed by atoms with Crippen molar-refractivity contribution >= 4 is 5.84 Å². The summed E-state index contributed by atoms with van der Waals surface area (Å²) >= 11 is 0. The van der Waals surface area contributed by atoms with Gasteiger partial charge in [0.15, 0.2) is 5.84 Å². The summed E-state index contributed by atoms with van der Waals surface area (Å²) in [4.78, 5) is 4.33. The molecule has 0 aliphatic heterocycles. The summed E-state index contributed by atoms with van der Waals surface area (Å²) in [5, 5.41) is 11.9. The molecule has 1 aromatic heterocycles. The maximum Gasteiger partial charge on any atom is 0.225 e. The Morgan fingerprint density at radius 2 is 2.11 bits per heavy atom. The Kier molecular flexibility index (Phi) is 6.12. The van der Waals surface area contributed by atoms with Crippen molar-refractivity contribution in [1.29, 1.82) is 0 Å². The van der Waals surface area contributed by atoms with Crippen LogP contribution in [0.3, 0.4) is 0 Å². The van der Waals surface area contributed by atoms with E-state index in [9.17, 15) is 0 Å². The van der Waals surface area contributed by atoms with E-state index in [0.717, 1.165) is 24.1 Å². The van der Waals surface area contributed by atoms with Gasteiger partial charge >= 0.3 is 0 Å². The fourth-order valence-corrected chi connectivity index (χ4v) is 1.97. The summed E-state index contributed by atoms with van der Waals surface area (Å²) in [6, 6.07) is 1.89. The van der Waals surface area contributed by atoms with Gasteiger partial charge in [0.25, 0.3) is 0 Å². The van der Waals surface area contributed by atoms with Crippen LogP contribution in [0.4, 0.5) is 0 Å². The molecule has 0 unspecified atom stereocenters. The smallest absolute Gasteiger partial charge is 0.225 e. The van der Waals surface area contributed by atoms with Crippen molar-refractivity contribution in [1.82, 2.24) is 4.98 Å². The van der Waals surface area contributed by atoms with Gasteiger partial charge in [0.05, 0.1) is 12.2 Å². The normalized spacial score (nSPS) is 11.6. The lowest BCUT2D eigenvalue weighted by Crippen LogP contribution is -2.18. The number of ether oxygens (including phenoxy) is 1. The van der Waals surface area contributed by atoms with E-state index < -0.39 is 0 Å². The molecule has 0 aliphatic rings. The van der Waals surface area contributed by atoms with Gasteiger partial charge in [-0.3, -0.25) is 0 Å². The second-order valence-electron chi connectivity index (χ2n) is 4.66. The van der Waals surface area contributed by atoms with Crippen molar-refractivity contribution in [3.05, 3.63) is 22.9 Å². The van der Waals surface area contributed by atoms with Crippen LogP contribution in [-0.4, -0.2) is 22.6 Å². The highest BCUT2D eigenvalue weighted by atomic mass is 16.5. The first-order chi connectivity index (χ1) is 9.10. The SMILES string of the molecule is CCCCCCOc1nc(C)cc(C)c1/C(N)=N/O. The summed E-state index contributed by atoms with van der Waals surface area (Å²) < 4.78 is 5.69. The lowest BCUT2D eigenvalue weighted by Gasteiger charge is -2.12. The van der Waals surface area contributed by atoms with Crippen LogP contribution < -0.4 is 10.5 Å². The van der Waals surface area contributed by atoms with Gasteiger partial charge < -0.3 is 15.7 Å². The number of pyridine rings is 1. The number of hydrogen-bond acceptors (Lipinski definition) is 4. The van der Waals surface area contributed by atoms with Gasteiger partial charge in [-0.1, -0.05) is 31.3 Å². The number of oxime groups is 1. The number of aryl methyl sites for hydroxylation is 2. The first-order valence-electron chi connectivity index (χ1n) is 6.69. The number of aromatic nitrogens is 1. The zero-order valence-electron chi connectivity index (χ0n) is 11.9. The Bertz CT molecular complexity index is 445. The van der Waals surface area contributed by atoms with E-state index >= 15 is 0 Å². The second-order valence-corrected chi connectivity index (χ2v) is 4.66. The largest absolute Gasteiger partial charge is 0.477 e. The average molecular weight is 265 g/mol. The molecule has 0 fully saturated rings. The number of hydrogen-bond donors (Lipinski definition) is 2. The molecule has 106 valence electrons. The molecule has 0 atom stereocenters. The van der Waals surface area contributed by atoms with Gasteiger partial charge in [-0.05, 0) is 31.9 Å². The summed E-state index contributed by atoms with van der Waals surface area (Å²) in [5.41, 5.74) is 8.00. The molecule has 1 aromatic rings. The number of amidine groups is 1. The summed E-state index contributed by atoms with van der Waals surface area (Å²) in [7, 11) is 0. The quantitative estimate of drug-likeness (QED) is 0.261. The molecular formula is C14H23N3O2. The molecule has 5 nitrogen and oxygen atoms in total. The maximum atomic E-state index is 8.83. The standard InChI is InChI=1S/C14H23N3O2/c1-4-5-6-7-8-19-14-12(13(15)17-18)10(2)9-11(3)16-14/h9,18H,4-8H2,1-3H3,(H2,15,17). The predicted molar refractivity (Wildman–Crippen MR) is 75.9 cm³/mol. The molecule has 0 bridgehead atoms. The van der Waals surface area contributed by atoms with Crippen LogP contribution in [-0.2, 0) is 0 Å². The topological polar surface area (TPSA) is 80.7 Å². The van der Waals surface area contributed by atoms with Crippen LogP contribution in [0.25, 0.3) is 0 Å². The van der Waals surface area contributed by atoms with Crippen molar-refractivity contribution in [3.63, 3.8) is 0 Å². The predicted octanol–water partition coefficient (Wildman–Crippen LogP) is 2.75. The van der Waals surface area contributed by atoms with E-state index in [2.05, 4.69) is 17.1 Å². The lowest BCUT2D eigenvalue weighted by molar-refractivity contribution is 0.291. The third-order valence-corrected chi connectivity index (χ3v) is 2.91. The van der Waals surface area contributed by atoms with Crippen molar-refractivity contribution in [2.75, 3.05) is 6.61 Å². The van der Waals surface area contributed by atoms with E-state index in [-0.39, 0.29) is 5.84 Å². The van der Waals surface area contributed by atoms with Gasteiger partial charge in [-0.2, -0.15) is 0 Å². The fourth-order valence-electron chi connectivity index (χ4n) is 1.97. The third kappa shape index (κ3) is 4.43. The first-order valence-corrected chi connectivity index (χ1v) is 6.69. The highest BCUT2D eigenvalue weighted by Crippen LogP contribution is 2.21. The molecule has 19 heavy (non-hydrogen) atoms. The van der Waals surface area contributed by atoms with Crippen molar-refractivity contribution in [2.45, 2.75) is 46.5 Å². The molecule has 0 saturated carbocycles. The van der Waals surface area contributed by atoms with Crippen LogP contribution in [0.2, 0.25) is 0 Å². The number of nitrogens with zero attached hydrogens (tertiary/aromatic N) is 2. The van der Waals surface area contributed by atoms with Gasteiger partial charge in [-0.25, -0.2) is 4.98 Å². The first kappa shape index (κ1) is 15.3. The number of rotatable bonds is 7. The highest BCUT2D eigenvalue weighted by Gasteiger charge is 2.14. The van der Waals surface area contributed by atoms with Crippen LogP contribution >= 0.6 is 0 Å². The Labute approximate surface area is 114 Å². The molecule has 1 rings (SSSR count).